The molecular formula is C10H8BrN5O. The minimum atomic E-state index is -0.379. The summed E-state index contributed by atoms with van der Waals surface area (Å²) in [6.07, 6.45) is 5.77. The summed E-state index contributed by atoms with van der Waals surface area (Å²) in [5.74, 6) is 0.00549. The van der Waals surface area contributed by atoms with Gasteiger partial charge in [0.1, 0.15) is 11.5 Å². The molecule has 2 heterocycles. The Hall–Kier alpha value is -2.02. The zero-order valence-corrected chi connectivity index (χ0v) is 10.2. The van der Waals surface area contributed by atoms with Gasteiger partial charge in [-0.1, -0.05) is 0 Å². The van der Waals surface area contributed by atoms with Gasteiger partial charge < -0.3 is 11.1 Å². The number of nitrogens with one attached hydrogen (secondary N) is 1. The Bertz CT molecular complexity index is 546. The van der Waals surface area contributed by atoms with Gasteiger partial charge in [0.15, 0.2) is 0 Å². The Kier molecular flexibility index (Phi) is 3.29. The first-order chi connectivity index (χ1) is 8.16. The van der Waals surface area contributed by atoms with Crippen LogP contribution in [0.25, 0.3) is 0 Å². The van der Waals surface area contributed by atoms with Crippen molar-refractivity contribution in [2.75, 3.05) is 11.1 Å². The Morgan fingerprint density at radius 1 is 1.29 bits per heavy atom. The molecule has 7 heteroatoms. The highest BCUT2D eigenvalue weighted by Crippen LogP contribution is 2.21. The number of rotatable bonds is 2. The lowest BCUT2D eigenvalue weighted by Gasteiger charge is -2.05. The standard InChI is InChI=1S/C10H8BrN5O/c11-7-3-6(12)4-15-9(7)16-10(17)8-5-13-1-2-14-8/h1-5H,12H2,(H,15,16,17). The van der Waals surface area contributed by atoms with Crippen LogP contribution in [0, 0.1) is 0 Å². The second kappa shape index (κ2) is 4.88. The SMILES string of the molecule is Nc1cnc(NC(=O)c2cnccn2)c(Br)c1. The monoisotopic (exact) mass is 293 g/mol. The third-order valence-electron chi connectivity index (χ3n) is 1.89. The molecule has 0 aromatic carbocycles. The van der Waals surface area contributed by atoms with Crippen LogP contribution in [-0.2, 0) is 0 Å². The molecule has 86 valence electrons. The molecule has 2 aromatic rings. The fourth-order valence-corrected chi connectivity index (χ4v) is 1.60. The lowest BCUT2D eigenvalue weighted by molar-refractivity contribution is 0.102. The number of nitrogens with zero attached hydrogens (tertiary/aromatic N) is 3. The van der Waals surface area contributed by atoms with Gasteiger partial charge in [-0.05, 0) is 22.0 Å². The number of nitrogens with two attached hydrogens (primary N) is 1. The summed E-state index contributed by atoms with van der Waals surface area (Å²) in [5.41, 5.74) is 6.27. The molecule has 2 aromatic heterocycles. The predicted octanol–water partition coefficient (Wildman–Crippen LogP) is 1.47. The van der Waals surface area contributed by atoms with Crippen LogP contribution in [0.2, 0.25) is 0 Å². The fourth-order valence-electron chi connectivity index (χ4n) is 1.13. The molecule has 17 heavy (non-hydrogen) atoms. The number of hydrogen-bond donors (Lipinski definition) is 2. The van der Waals surface area contributed by atoms with Gasteiger partial charge in [-0.15, -0.1) is 0 Å². The van der Waals surface area contributed by atoms with E-state index in [0.29, 0.717) is 16.0 Å². The first-order valence-corrected chi connectivity index (χ1v) is 5.44. The Balaban J connectivity index is 2.19. The van der Waals surface area contributed by atoms with Gasteiger partial charge in [-0.25, -0.2) is 9.97 Å². The van der Waals surface area contributed by atoms with E-state index < -0.39 is 0 Å². The van der Waals surface area contributed by atoms with E-state index in [2.05, 4.69) is 36.2 Å². The van der Waals surface area contributed by atoms with E-state index in [1.807, 2.05) is 0 Å². The Morgan fingerprint density at radius 3 is 2.76 bits per heavy atom. The van der Waals surface area contributed by atoms with Crippen LogP contribution in [0.5, 0.6) is 0 Å². The zero-order valence-electron chi connectivity index (χ0n) is 8.59. The summed E-state index contributed by atoms with van der Waals surface area (Å²) in [5, 5.41) is 2.60. The van der Waals surface area contributed by atoms with E-state index in [1.54, 1.807) is 6.07 Å². The van der Waals surface area contributed by atoms with Gasteiger partial charge in [-0.3, -0.25) is 9.78 Å². The molecule has 0 saturated carbocycles. The van der Waals surface area contributed by atoms with Crippen LogP contribution < -0.4 is 11.1 Å². The van der Waals surface area contributed by atoms with E-state index in [0.717, 1.165) is 0 Å². The average molecular weight is 294 g/mol. The van der Waals surface area contributed by atoms with E-state index in [1.165, 1.54) is 24.8 Å². The summed E-state index contributed by atoms with van der Waals surface area (Å²) >= 11 is 3.25. The van der Waals surface area contributed by atoms with Crippen molar-refractivity contribution < 1.29 is 4.79 Å². The maximum absolute atomic E-state index is 11.7. The third-order valence-corrected chi connectivity index (χ3v) is 2.49. The van der Waals surface area contributed by atoms with Crippen LogP contribution in [0.15, 0.2) is 35.3 Å². The molecule has 1 amide bonds. The maximum Gasteiger partial charge on any atom is 0.277 e. The second-order valence-corrected chi connectivity index (χ2v) is 4.00. The summed E-state index contributed by atoms with van der Waals surface area (Å²) in [4.78, 5) is 23.4. The van der Waals surface area contributed by atoms with E-state index in [4.69, 9.17) is 5.73 Å². The smallest absolute Gasteiger partial charge is 0.277 e. The molecule has 0 aliphatic rings. The van der Waals surface area contributed by atoms with Gasteiger partial charge >= 0.3 is 0 Å². The number of anilines is 2. The molecule has 0 atom stereocenters. The Morgan fingerprint density at radius 2 is 2.12 bits per heavy atom. The average Bonchev–Trinajstić information content (AvgIpc) is 2.34. The van der Waals surface area contributed by atoms with Crippen LogP contribution in [0.3, 0.4) is 0 Å². The molecule has 0 radical (unpaired) electrons. The molecule has 2 rings (SSSR count). The number of hydrogen-bond acceptors (Lipinski definition) is 5. The van der Waals surface area contributed by atoms with Crippen molar-refractivity contribution in [1.82, 2.24) is 15.0 Å². The van der Waals surface area contributed by atoms with Crippen molar-refractivity contribution in [1.29, 1.82) is 0 Å². The molecular weight excluding hydrogens is 286 g/mol. The van der Waals surface area contributed by atoms with Crippen LogP contribution in [-0.4, -0.2) is 20.9 Å². The number of pyridine rings is 1. The van der Waals surface area contributed by atoms with Crippen molar-refractivity contribution in [2.24, 2.45) is 0 Å². The Labute approximate surface area is 105 Å². The highest BCUT2D eigenvalue weighted by atomic mass is 79.9. The fraction of sp³-hybridized carbons (Fsp3) is 0. The number of carbonyl (C=O) groups is 1. The van der Waals surface area contributed by atoms with Gasteiger partial charge in [0.25, 0.3) is 5.91 Å². The number of aromatic nitrogens is 3. The molecule has 0 bridgehead atoms. The predicted molar refractivity (Wildman–Crippen MR) is 66.3 cm³/mol. The first-order valence-electron chi connectivity index (χ1n) is 4.65. The number of carbonyl (C=O) groups excluding carboxylic acids is 1. The zero-order chi connectivity index (χ0) is 12.3. The molecule has 6 nitrogen and oxygen atoms in total. The number of nitrogen functional groups attached to an aromatic ring is 1. The quantitative estimate of drug-likeness (QED) is 0.874. The molecule has 0 saturated heterocycles. The van der Waals surface area contributed by atoms with E-state index >= 15 is 0 Å². The minimum absolute atomic E-state index is 0.220. The molecule has 3 N–H and O–H groups in total. The topological polar surface area (TPSA) is 93.8 Å². The first kappa shape index (κ1) is 11.5. The van der Waals surface area contributed by atoms with E-state index in [9.17, 15) is 4.79 Å². The largest absolute Gasteiger partial charge is 0.397 e. The number of amides is 1. The van der Waals surface area contributed by atoms with Crippen molar-refractivity contribution in [3.8, 4) is 0 Å². The second-order valence-electron chi connectivity index (χ2n) is 3.14. The van der Waals surface area contributed by atoms with Crippen molar-refractivity contribution >= 4 is 33.3 Å². The van der Waals surface area contributed by atoms with Crippen molar-refractivity contribution in [2.45, 2.75) is 0 Å². The van der Waals surface area contributed by atoms with Crippen molar-refractivity contribution in [3.05, 3.63) is 41.0 Å². The lowest BCUT2D eigenvalue weighted by atomic mass is 10.4. The lowest BCUT2D eigenvalue weighted by Crippen LogP contribution is -2.15. The van der Waals surface area contributed by atoms with Crippen LogP contribution in [0.4, 0.5) is 11.5 Å². The molecule has 0 aliphatic carbocycles. The molecule has 0 fully saturated rings. The van der Waals surface area contributed by atoms with Gasteiger partial charge in [0.2, 0.25) is 0 Å². The summed E-state index contributed by atoms with van der Waals surface area (Å²) < 4.78 is 0.606. The van der Waals surface area contributed by atoms with Gasteiger partial charge in [0, 0.05) is 12.4 Å². The normalized spacial score (nSPS) is 9.94. The number of halogens is 1. The van der Waals surface area contributed by atoms with E-state index in [-0.39, 0.29) is 11.6 Å². The highest BCUT2D eigenvalue weighted by Gasteiger charge is 2.10. The summed E-state index contributed by atoms with van der Waals surface area (Å²) in [7, 11) is 0. The highest BCUT2D eigenvalue weighted by molar-refractivity contribution is 9.10. The maximum atomic E-state index is 11.7. The van der Waals surface area contributed by atoms with Crippen molar-refractivity contribution in [3.63, 3.8) is 0 Å². The summed E-state index contributed by atoms with van der Waals surface area (Å²) in [6, 6.07) is 1.65. The van der Waals surface area contributed by atoms with Gasteiger partial charge in [-0.2, -0.15) is 0 Å². The minimum Gasteiger partial charge on any atom is -0.397 e. The van der Waals surface area contributed by atoms with Gasteiger partial charge in [0.05, 0.1) is 22.6 Å². The molecule has 0 unspecified atom stereocenters. The third kappa shape index (κ3) is 2.76. The van der Waals surface area contributed by atoms with Crippen LogP contribution in [0.1, 0.15) is 10.5 Å². The summed E-state index contributed by atoms with van der Waals surface area (Å²) in [6.45, 7) is 0. The molecule has 0 aliphatic heterocycles. The molecule has 0 spiro atoms. The van der Waals surface area contributed by atoms with Crippen LogP contribution >= 0.6 is 15.9 Å².